The van der Waals surface area contributed by atoms with E-state index in [2.05, 4.69) is 6.92 Å². The van der Waals surface area contributed by atoms with Crippen molar-refractivity contribution in [2.24, 2.45) is 0 Å². The lowest BCUT2D eigenvalue weighted by Gasteiger charge is -2.00. The van der Waals surface area contributed by atoms with Crippen LogP contribution in [0.15, 0.2) is 0 Å². The maximum Gasteiger partial charge on any atom is 0.159 e. The lowest BCUT2D eigenvalue weighted by molar-refractivity contribution is 0.306. The summed E-state index contributed by atoms with van der Waals surface area (Å²) in [6.07, 6.45) is 1.90. The molecule has 0 saturated carbocycles. The van der Waals surface area contributed by atoms with Gasteiger partial charge in [-0.2, -0.15) is 0 Å². The molecule has 0 spiro atoms. The Balaban J connectivity index is 2.99. The van der Waals surface area contributed by atoms with Gasteiger partial charge in [-0.1, -0.05) is 13.8 Å². The van der Waals surface area contributed by atoms with E-state index in [1.54, 1.807) is 0 Å². The van der Waals surface area contributed by atoms with Gasteiger partial charge in [0.25, 0.3) is 0 Å². The van der Waals surface area contributed by atoms with E-state index in [0.29, 0.717) is 0 Å². The molecule has 0 fully saturated rings. The molecule has 0 unspecified atom stereocenters. The Kier molecular flexibility index (Phi) is 4.97. The molecule has 0 heterocycles. The van der Waals surface area contributed by atoms with Crippen molar-refractivity contribution in [2.45, 2.75) is 26.7 Å². The Bertz CT molecular complexity index is 70.9. The first-order valence-corrected chi connectivity index (χ1v) is 3.37. The first-order chi connectivity index (χ1) is 3.81. The Morgan fingerprint density at radius 3 is 2.50 bits per heavy atom. The predicted octanol–water partition coefficient (Wildman–Crippen LogP) is 2.15. The first kappa shape index (κ1) is 7.89. The number of ether oxygens (including phenoxy) is 1. The van der Waals surface area contributed by atoms with Gasteiger partial charge >= 0.3 is 0 Å². The van der Waals surface area contributed by atoms with Crippen LogP contribution in [-0.2, 0) is 4.74 Å². The summed E-state index contributed by atoms with van der Waals surface area (Å²) in [6, 6.07) is 0. The molecule has 8 heavy (non-hydrogen) atoms. The first-order valence-electron chi connectivity index (χ1n) is 2.96. The normalized spacial score (nSPS) is 8.75. The monoisotopic (exact) mass is 132 g/mol. The van der Waals surface area contributed by atoms with Gasteiger partial charge in [0, 0.05) is 6.42 Å². The van der Waals surface area contributed by atoms with Crippen LogP contribution < -0.4 is 0 Å². The minimum atomic E-state index is 0.729. The largest absolute Gasteiger partial charge is 0.487 e. The van der Waals surface area contributed by atoms with Gasteiger partial charge in [0.05, 0.1) is 6.61 Å². The highest BCUT2D eigenvalue weighted by molar-refractivity contribution is 7.80. The van der Waals surface area contributed by atoms with Gasteiger partial charge in [0.1, 0.15) is 0 Å². The zero-order valence-corrected chi connectivity index (χ0v) is 6.25. The highest BCUT2D eigenvalue weighted by atomic mass is 32.1. The summed E-state index contributed by atoms with van der Waals surface area (Å²) in [7, 11) is 0. The van der Waals surface area contributed by atoms with E-state index in [4.69, 9.17) is 17.0 Å². The van der Waals surface area contributed by atoms with Crippen LogP contribution in [0.3, 0.4) is 0 Å². The summed E-state index contributed by atoms with van der Waals surface area (Å²) in [6.45, 7) is 4.84. The van der Waals surface area contributed by atoms with Crippen LogP contribution in [0, 0.1) is 0 Å². The molecule has 0 aliphatic rings. The topological polar surface area (TPSA) is 9.23 Å². The van der Waals surface area contributed by atoms with Crippen molar-refractivity contribution in [3.63, 3.8) is 0 Å². The summed E-state index contributed by atoms with van der Waals surface area (Å²) in [4.78, 5) is 0. The summed E-state index contributed by atoms with van der Waals surface area (Å²) in [5.41, 5.74) is 0. The third-order valence-electron chi connectivity index (χ3n) is 0.756. The Morgan fingerprint density at radius 1 is 1.50 bits per heavy atom. The van der Waals surface area contributed by atoms with Gasteiger partial charge in [-0.3, -0.25) is 0 Å². The molecule has 0 amide bonds. The summed E-state index contributed by atoms with van der Waals surface area (Å²) >= 11 is 4.80. The van der Waals surface area contributed by atoms with Gasteiger partial charge in [-0.05, 0) is 18.6 Å². The number of rotatable bonds is 3. The third kappa shape index (κ3) is 4.06. The lowest BCUT2D eigenvalue weighted by atomic mass is 10.5. The van der Waals surface area contributed by atoms with Crippen LogP contribution in [0.2, 0.25) is 0 Å². The fraction of sp³-hybridized carbons (Fsp3) is 0.833. The second kappa shape index (κ2) is 5.04. The van der Waals surface area contributed by atoms with Crippen molar-refractivity contribution in [2.75, 3.05) is 6.61 Å². The lowest BCUT2D eigenvalue weighted by Crippen LogP contribution is -1.99. The van der Waals surface area contributed by atoms with Crippen LogP contribution >= 0.6 is 12.2 Å². The third-order valence-corrected chi connectivity index (χ3v) is 1.16. The minimum absolute atomic E-state index is 0.729. The molecule has 48 valence electrons. The fourth-order valence-electron chi connectivity index (χ4n) is 0.318. The Morgan fingerprint density at radius 2 is 2.12 bits per heavy atom. The highest BCUT2D eigenvalue weighted by Crippen LogP contribution is 1.88. The van der Waals surface area contributed by atoms with Crippen molar-refractivity contribution >= 4 is 17.3 Å². The zero-order chi connectivity index (χ0) is 6.41. The average Bonchev–Trinajstić information content (AvgIpc) is 1.83. The Hall–Kier alpha value is -0.110. The minimum Gasteiger partial charge on any atom is -0.487 e. The van der Waals surface area contributed by atoms with Crippen molar-refractivity contribution in [3.05, 3.63) is 0 Å². The van der Waals surface area contributed by atoms with Crippen LogP contribution in [0.5, 0.6) is 0 Å². The van der Waals surface area contributed by atoms with E-state index in [9.17, 15) is 0 Å². The van der Waals surface area contributed by atoms with Gasteiger partial charge in [-0.25, -0.2) is 0 Å². The molecule has 0 bridgehead atoms. The molecule has 0 aromatic carbocycles. The average molecular weight is 132 g/mol. The van der Waals surface area contributed by atoms with E-state index in [0.717, 1.165) is 24.5 Å². The maximum absolute atomic E-state index is 5.07. The standard InChI is InChI=1S/C6H12OS/c1-3-5-7-6(8)4-2/h3-5H2,1-2H3. The van der Waals surface area contributed by atoms with Gasteiger partial charge < -0.3 is 4.74 Å². The van der Waals surface area contributed by atoms with Crippen molar-refractivity contribution in [3.8, 4) is 0 Å². The molecule has 0 aromatic heterocycles. The van der Waals surface area contributed by atoms with E-state index in [1.807, 2.05) is 6.92 Å². The van der Waals surface area contributed by atoms with Gasteiger partial charge in [-0.15, -0.1) is 0 Å². The quantitative estimate of drug-likeness (QED) is 0.544. The second-order valence-electron chi connectivity index (χ2n) is 1.57. The van der Waals surface area contributed by atoms with Crippen molar-refractivity contribution in [1.82, 2.24) is 0 Å². The molecule has 2 heteroatoms. The zero-order valence-electron chi connectivity index (χ0n) is 5.44. The predicted molar refractivity (Wildman–Crippen MR) is 39.1 cm³/mol. The van der Waals surface area contributed by atoms with E-state index < -0.39 is 0 Å². The molecule has 0 saturated heterocycles. The van der Waals surface area contributed by atoms with Crippen LogP contribution in [0.1, 0.15) is 26.7 Å². The SMILES string of the molecule is CCCOC(=S)CC. The van der Waals surface area contributed by atoms with E-state index in [-0.39, 0.29) is 0 Å². The molecular formula is C6H12OS. The molecule has 0 N–H and O–H groups in total. The molecule has 0 radical (unpaired) electrons. The smallest absolute Gasteiger partial charge is 0.159 e. The van der Waals surface area contributed by atoms with Crippen LogP contribution in [0.25, 0.3) is 0 Å². The maximum atomic E-state index is 5.07. The van der Waals surface area contributed by atoms with Crippen LogP contribution in [-0.4, -0.2) is 11.7 Å². The molecular weight excluding hydrogens is 120 g/mol. The van der Waals surface area contributed by atoms with Crippen LogP contribution in [0.4, 0.5) is 0 Å². The van der Waals surface area contributed by atoms with Gasteiger partial charge in [0.15, 0.2) is 5.05 Å². The van der Waals surface area contributed by atoms with E-state index in [1.165, 1.54) is 0 Å². The summed E-state index contributed by atoms with van der Waals surface area (Å²) < 4.78 is 5.07. The summed E-state index contributed by atoms with van der Waals surface area (Å²) in [5.74, 6) is 0. The number of hydrogen-bond acceptors (Lipinski definition) is 2. The molecule has 0 rings (SSSR count). The van der Waals surface area contributed by atoms with Crippen molar-refractivity contribution in [1.29, 1.82) is 0 Å². The fourth-order valence-corrected chi connectivity index (χ4v) is 0.401. The molecule has 0 aliphatic heterocycles. The van der Waals surface area contributed by atoms with E-state index >= 15 is 0 Å². The molecule has 0 atom stereocenters. The molecule has 1 nitrogen and oxygen atoms in total. The second-order valence-corrected chi connectivity index (χ2v) is 2.03. The summed E-state index contributed by atoms with van der Waals surface area (Å²) in [5, 5.41) is 0.729. The number of hydrogen-bond donors (Lipinski definition) is 0. The Labute approximate surface area is 56.0 Å². The number of thiocarbonyl (C=S) groups is 1. The van der Waals surface area contributed by atoms with Gasteiger partial charge in [0.2, 0.25) is 0 Å². The molecule has 0 aromatic rings. The highest BCUT2D eigenvalue weighted by Gasteiger charge is 1.88. The van der Waals surface area contributed by atoms with Crippen molar-refractivity contribution < 1.29 is 4.74 Å². The molecule has 0 aliphatic carbocycles.